The molecule has 0 aromatic heterocycles. The van der Waals surface area contributed by atoms with Gasteiger partial charge in [-0.3, -0.25) is 4.79 Å². The second kappa shape index (κ2) is 8.41. The molecule has 182 valence electrons. The van der Waals surface area contributed by atoms with E-state index >= 15 is 0 Å². The number of esters is 1. The number of aliphatic hydroxyl groups is 2. The fourth-order valence-corrected chi connectivity index (χ4v) is 9.01. The van der Waals surface area contributed by atoms with Crippen LogP contribution in [0.1, 0.15) is 92.9 Å². The summed E-state index contributed by atoms with van der Waals surface area (Å²) in [6, 6.07) is 0. The molecule has 0 spiro atoms. The molecule has 0 bridgehead atoms. The third-order valence-electron chi connectivity index (χ3n) is 10.7. The number of hydrogen-bond acceptors (Lipinski definition) is 4. The Labute approximate surface area is 195 Å². The SMILES string of the molecule is CC(=O)O[C@H]1CC[C@]2(C)[C@H]3CC[C@]4(C)[C@@H]([C@H](C)/C=C/C(C)C)CC[C@H]4[C@@H]3C[C@@H](O)[C@@]2(O)C1. The van der Waals surface area contributed by atoms with Gasteiger partial charge in [0.05, 0.1) is 11.7 Å². The molecule has 4 aliphatic rings. The van der Waals surface area contributed by atoms with Gasteiger partial charge in [-0.1, -0.05) is 46.8 Å². The number of carbonyl (C=O) groups excluding carboxylic acids is 1. The van der Waals surface area contributed by atoms with Gasteiger partial charge in [0.25, 0.3) is 0 Å². The Bertz CT molecular complexity index is 746. The highest BCUT2D eigenvalue weighted by atomic mass is 16.5. The van der Waals surface area contributed by atoms with Crippen molar-refractivity contribution in [3.63, 3.8) is 0 Å². The van der Waals surface area contributed by atoms with Gasteiger partial charge in [0.2, 0.25) is 0 Å². The van der Waals surface area contributed by atoms with E-state index in [4.69, 9.17) is 4.74 Å². The largest absolute Gasteiger partial charge is 0.462 e. The number of rotatable bonds is 4. The molecule has 0 amide bonds. The summed E-state index contributed by atoms with van der Waals surface area (Å²) in [4.78, 5) is 11.5. The van der Waals surface area contributed by atoms with Crippen LogP contribution in [0.2, 0.25) is 0 Å². The van der Waals surface area contributed by atoms with Crippen LogP contribution in [0.4, 0.5) is 0 Å². The minimum absolute atomic E-state index is 0.282. The van der Waals surface area contributed by atoms with Gasteiger partial charge in [-0.25, -0.2) is 0 Å². The summed E-state index contributed by atoms with van der Waals surface area (Å²) in [7, 11) is 0. The zero-order valence-corrected chi connectivity index (χ0v) is 21.1. The first kappa shape index (κ1) is 24.3. The lowest BCUT2D eigenvalue weighted by molar-refractivity contribution is -0.266. The van der Waals surface area contributed by atoms with Crippen LogP contribution in [0, 0.1) is 46.3 Å². The average Bonchev–Trinajstić information content (AvgIpc) is 3.05. The molecule has 0 saturated heterocycles. The highest BCUT2D eigenvalue weighted by Crippen LogP contribution is 2.69. The Balaban J connectivity index is 1.57. The van der Waals surface area contributed by atoms with Crippen molar-refractivity contribution in [2.75, 3.05) is 0 Å². The van der Waals surface area contributed by atoms with E-state index in [-0.39, 0.29) is 17.5 Å². The second-order valence-corrected chi connectivity index (χ2v) is 12.7. The van der Waals surface area contributed by atoms with E-state index in [0.29, 0.717) is 53.8 Å². The topological polar surface area (TPSA) is 66.8 Å². The van der Waals surface area contributed by atoms with Gasteiger partial charge in [-0.15, -0.1) is 0 Å². The minimum Gasteiger partial charge on any atom is -0.462 e. The van der Waals surface area contributed by atoms with Crippen molar-refractivity contribution in [2.24, 2.45) is 46.3 Å². The number of allylic oxidation sites excluding steroid dienone is 2. The van der Waals surface area contributed by atoms with Gasteiger partial charge in [-0.05, 0) is 85.9 Å². The molecule has 4 nitrogen and oxygen atoms in total. The van der Waals surface area contributed by atoms with Crippen molar-refractivity contribution < 1.29 is 19.7 Å². The summed E-state index contributed by atoms with van der Waals surface area (Å²) in [5.74, 6) is 3.13. The van der Waals surface area contributed by atoms with Crippen molar-refractivity contribution in [3.05, 3.63) is 12.2 Å². The van der Waals surface area contributed by atoms with Crippen molar-refractivity contribution in [2.45, 2.75) is 111 Å². The fraction of sp³-hybridized carbons (Fsp3) is 0.893. The maximum Gasteiger partial charge on any atom is 0.302 e. The third-order valence-corrected chi connectivity index (χ3v) is 10.7. The Morgan fingerprint density at radius 2 is 1.75 bits per heavy atom. The molecule has 32 heavy (non-hydrogen) atoms. The molecule has 4 aliphatic carbocycles. The summed E-state index contributed by atoms with van der Waals surface area (Å²) in [6.07, 6.45) is 11.3. The fourth-order valence-electron chi connectivity index (χ4n) is 9.01. The van der Waals surface area contributed by atoms with Gasteiger partial charge < -0.3 is 14.9 Å². The Hall–Kier alpha value is -0.870. The van der Waals surface area contributed by atoms with Crippen LogP contribution < -0.4 is 0 Å². The standard InChI is InChI=1S/C28H46O4/c1-17(2)7-8-18(3)22-9-10-23-21-15-25(30)28(31)16-20(32-19(4)29)11-14-27(28,6)24(21)12-13-26(22,23)5/h7-8,17-18,20-25,30-31H,9-16H2,1-6H3/b8-7+/t18-,20+,21+,22-,23+,24+,25-,26-,27-,28+/m1/s1. The molecule has 0 heterocycles. The summed E-state index contributed by atoms with van der Waals surface area (Å²) < 4.78 is 5.48. The Kier molecular flexibility index (Phi) is 6.38. The lowest BCUT2D eigenvalue weighted by Crippen LogP contribution is -2.68. The molecule has 0 radical (unpaired) electrons. The van der Waals surface area contributed by atoms with Crippen LogP contribution in [0.25, 0.3) is 0 Å². The van der Waals surface area contributed by atoms with E-state index < -0.39 is 11.7 Å². The van der Waals surface area contributed by atoms with Crippen molar-refractivity contribution >= 4 is 5.97 Å². The lowest BCUT2D eigenvalue weighted by Gasteiger charge is -2.65. The predicted molar refractivity (Wildman–Crippen MR) is 127 cm³/mol. The van der Waals surface area contributed by atoms with E-state index in [1.54, 1.807) is 0 Å². The van der Waals surface area contributed by atoms with Crippen LogP contribution >= 0.6 is 0 Å². The van der Waals surface area contributed by atoms with E-state index in [2.05, 4.69) is 46.8 Å². The molecule has 4 rings (SSSR count). The first-order chi connectivity index (χ1) is 14.9. The maximum absolute atomic E-state index is 11.9. The Morgan fingerprint density at radius 3 is 2.41 bits per heavy atom. The van der Waals surface area contributed by atoms with E-state index in [0.717, 1.165) is 19.3 Å². The molecule has 10 atom stereocenters. The van der Waals surface area contributed by atoms with Crippen molar-refractivity contribution in [1.82, 2.24) is 0 Å². The number of fused-ring (bicyclic) bond motifs is 5. The molecule has 4 saturated carbocycles. The van der Waals surface area contributed by atoms with Gasteiger partial charge in [0.15, 0.2) is 0 Å². The molecule has 4 fully saturated rings. The minimum atomic E-state index is -1.16. The predicted octanol–water partition coefficient (Wildman–Crippen LogP) is 5.51. The van der Waals surface area contributed by atoms with Crippen molar-refractivity contribution in [3.8, 4) is 0 Å². The third kappa shape index (κ3) is 3.68. The van der Waals surface area contributed by atoms with Crippen molar-refractivity contribution in [1.29, 1.82) is 0 Å². The molecule has 4 heteroatoms. The van der Waals surface area contributed by atoms with Crippen LogP contribution in [-0.2, 0) is 9.53 Å². The lowest BCUT2D eigenvalue weighted by atomic mass is 9.42. The molecule has 0 unspecified atom stereocenters. The number of carbonyl (C=O) groups is 1. The van der Waals surface area contributed by atoms with Crippen LogP contribution in [0.3, 0.4) is 0 Å². The first-order valence-electron chi connectivity index (χ1n) is 13.2. The molecule has 0 aliphatic heterocycles. The highest BCUT2D eigenvalue weighted by Gasteiger charge is 2.67. The summed E-state index contributed by atoms with van der Waals surface area (Å²) in [5.41, 5.74) is -1.15. The number of ether oxygens (including phenoxy) is 1. The van der Waals surface area contributed by atoms with E-state index in [1.807, 2.05) is 0 Å². The monoisotopic (exact) mass is 446 g/mol. The zero-order chi connectivity index (χ0) is 23.5. The number of aliphatic hydroxyl groups excluding tert-OH is 1. The maximum atomic E-state index is 11.9. The van der Waals surface area contributed by atoms with Crippen LogP contribution in [0.5, 0.6) is 0 Å². The quantitative estimate of drug-likeness (QED) is 0.441. The summed E-state index contributed by atoms with van der Waals surface area (Å²) in [6.45, 7) is 13.1. The summed E-state index contributed by atoms with van der Waals surface area (Å²) in [5, 5.41) is 23.2. The normalized spacial score (nSPS) is 49.4. The van der Waals surface area contributed by atoms with E-state index in [1.165, 1.54) is 26.2 Å². The molecular weight excluding hydrogens is 400 g/mol. The van der Waals surface area contributed by atoms with Gasteiger partial charge in [0.1, 0.15) is 6.10 Å². The molecule has 0 aromatic carbocycles. The van der Waals surface area contributed by atoms with Gasteiger partial charge >= 0.3 is 5.97 Å². The molecular formula is C28H46O4. The zero-order valence-electron chi connectivity index (χ0n) is 21.1. The smallest absolute Gasteiger partial charge is 0.302 e. The molecule has 0 aromatic rings. The highest BCUT2D eigenvalue weighted by molar-refractivity contribution is 5.66. The van der Waals surface area contributed by atoms with Gasteiger partial charge in [-0.2, -0.15) is 0 Å². The second-order valence-electron chi connectivity index (χ2n) is 12.7. The first-order valence-corrected chi connectivity index (χ1v) is 13.2. The average molecular weight is 447 g/mol. The van der Waals surface area contributed by atoms with Crippen LogP contribution in [0.15, 0.2) is 12.2 Å². The number of hydrogen-bond donors (Lipinski definition) is 2. The summed E-state index contributed by atoms with van der Waals surface area (Å²) >= 11 is 0. The Morgan fingerprint density at radius 1 is 1.03 bits per heavy atom. The van der Waals surface area contributed by atoms with E-state index in [9.17, 15) is 15.0 Å². The van der Waals surface area contributed by atoms with Gasteiger partial charge in [0, 0.05) is 18.8 Å². The van der Waals surface area contributed by atoms with Crippen LogP contribution in [-0.4, -0.2) is 34.0 Å². The molecule has 2 N–H and O–H groups in total.